The zero-order chi connectivity index (χ0) is 15.2. The van der Waals surface area contributed by atoms with Crippen LogP contribution in [0, 0.1) is 11.3 Å². The fourth-order valence-corrected chi connectivity index (χ4v) is 1.81. The Hall–Kier alpha value is -2.65. The minimum absolute atomic E-state index is 0.205. The molecule has 0 aliphatic heterocycles. The van der Waals surface area contributed by atoms with Gasteiger partial charge in [0.25, 0.3) is 0 Å². The van der Waals surface area contributed by atoms with Crippen molar-refractivity contribution >= 4 is 17.3 Å². The molecule has 2 rings (SSSR count). The average Bonchev–Trinajstić information content (AvgIpc) is 2.49. The fourth-order valence-electron chi connectivity index (χ4n) is 1.81. The lowest BCUT2D eigenvalue weighted by Gasteiger charge is -2.11. The molecule has 6 nitrogen and oxygen atoms in total. The number of rotatable bonds is 5. The van der Waals surface area contributed by atoms with Crippen molar-refractivity contribution in [3.8, 4) is 6.07 Å². The van der Waals surface area contributed by atoms with Crippen LogP contribution < -0.4 is 16.6 Å². The number of nitrogens with one attached hydrogen (secondary N) is 2. The van der Waals surface area contributed by atoms with Crippen LogP contribution in [0.5, 0.6) is 0 Å². The van der Waals surface area contributed by atoms with Crippen molar-refractivity contribution in [3.63, 3.8) is 0 Å². The van der Waals surface area contributed by atoms with Crippen molar-refractivity contribution < 1.29 is 0 Å². The van der Waals surface area contributed by atoms with Crippen molar-refractivity contribution in [2.24, 2.45) is 5.84 Å². The number of hydrogen-bond acceptors (Lipinski definition) is 6. The molecule has 0 aliphatic rings. The zero-order valence-corrected chi connectivity index (χ0v) is 12.1. The van der Waals surface area contributed by atoms with Crippen LogP contribution >= 0.6 is 0 Å². The monoisotopic (exact) mass is 282 g/mol. The summed E-state index contributed by atoms with van der Waals surface area (Å²) in [4.78, 5) is 8.77. The van der Waals surface area contributed by atoms with E-state index < -0.39 is 0 Å². The molecule has 0 saturated carbocycles. The normalized spacial score (nSPS) is 10.2. The van der Waals surface area contributed by atoms with E-state index in [0.717, 1.165) is 11.3 Å². The first-order valence-corrected chi connectivity index (χ1v) is 6.71. The number of hydrazine groups is 1. The molecule has 0 amide bonds. The van der Waals surface area contributed by atoms with Gasteiger partial charge in [0.15, 0.2) is 0 Å². The van der Waals surface area contributed by atoms with E-state index in [2.05, 4.69) is 26.8 Å². The molecule has 0 radical (unpaired) electrons. The Morgan fingerprint density at radius 3 is 2.43 bits per heavy atom. The van der Waals surface area contributed by atoms with E-state index >= 15 is 0 Å². The second-order valence-corrected chi connectivity index (χ2v) is 4.95. The van der Waals surface area contributed by atoms with Crippen molar-refractivity contribution in [1.29, 1.82) is 5.26 Å². The number of nitrogens with two attached hydrogens (primary N) is 1. The van der Waals surface area contributed by atoms with Gasteiger partial charge in [-0.2, -0.15) is 5.26 Å². The topological polar surface area (TPSA) is 99.6 Å². The van der Waals surface area contributed by atoms with Gasteiger partial charge in [0, 0.05) is 17.7 Å². The lowest BCUT2D eigenvalue weighted by molar-refractivity contribution is 0.777. The van der Waals surface area contributed by atoms with Crippen molar-refractivity contribution in [2.75, 3.05) is 10.7 Å². The number of hydrogen-bond donors (Lipinski definition) is 3. The van der Waals surface area contributed by atoms with Gasteiger partial charge in [0.1, 0.15) is 17.5 Å². The maximum Gasteiger partial charge on any atom is 0.145 e. The first-order valence-electron chi connectivity index (χ1n) is 6.71. The van der Waals surface area contributed by atoms with Crippen LogP contribution in [0.1, 0.15) is 31.2 Å². The Labute approximate surface area is 124 Å². The standard InChI is InChI=1S/C15H18N6/c1-10(2)15-19-13(9-14(20-15)21-17)18-12-5-3-11(4-6-12)7-8-16/h3-6,9-10H,7,17H2,1-2H3,(H2,18,19,20,21). The molecule has 6 heteroatoms. The van der Waals surface area contributed by atoms with Crippen LogP contribution in [0.4, 0.5) is 17.3 Å². The van der Waals surface area contributed by atoms with E-state index in [0.29, 0.717) is 23.9 Å². The molecular formula is C15H18N6. The molecule has 1 aromatic carbocycles. The fraction of sp³-hybridized carbons (Fsp3) is 0.267. The summed E-state index contributed by atoms with van der Waals surface area (Å²) in [6, 6.07) is 11.5. The highest BCUT2D eigenvalue weighted by Gasteiger charge is 2.08. The van der Waals surface area contributed by atoms with Gasteiger partial charge in [-0.05, 0) is 17.7 Å². The molecule has 1 heterocycles. The molecule has 0 unspecified atom stereocenters. The average molecular weight is 282 g/mol. The maximum atomic E-state index is 8.66. The third kappa shape index (κ3) is 3.91. The van der Waals surface area contributed by atoms with Gasteiger partial charge in [-0.15, -0.1) is 0 Å². The van der Waals surface area contributed by atoms with Crippen LogP contribution in [0.3, 0.4) is 0 Å². The number of aromatic nitrogens is 2. The Morgan fingerprint density at radius 1 is 1.19 bits per heavy atom. The number of anilines is 3. The quantitative estimate of drug-likeness (QED) is 0.576. The number of nitrogens with zero attached hydrogens (tertiary/aromatic N) is 3. The molecule has 0 fully saturated rings. The van der Waals surface area contributed by atoms with Crippen LogP contribution in [0.2, 0.25) is 0 Å². The molecular weight excluding hydrogens is 264 g/mol. The third-order valence-electron chi connectivity index (χ3n) is 2.92. The van der Waals surface area contributed by atoms with E-state index in [-0.39, 0.29) is 5.92 Å². The Morgan fingerprint density at radius 2 is 1.86 bits per heavy atom. The minimum atomic E-state index is 0.205. The van der Waals surface area contributed by atoms with E-state index in [4.69, 9.17) is 11.1 Å². The summed E-state index contributed by atoms with van der Waals surface area (Å²) in [6.07, 6.45) is 0.409. The van der Waals surface area contributed by atoms with E-state index in [1.807, 2.05) is 38.1 Å². The predicted molar refractivity (Wildman–Crippen MR) is 83.0 cm³/mol. The van der Waals surface area contributed by atoms with Crippen LogP contribution in [-0.4, -0.2) is 9.97 Å². The SMILES string of the molecule is CC(C)c1nc(NN)cc(Nc2ccc(CC#N)cc2)n1. The van der Waals surface area contributed by atoms with Crippen LogP contribution in [-0.2, 0) is 6.42 Å². The highest BCUT2D eigenvalue weighted by Crippen LogP contribution is 2.20. The lowest BCUT2D eigenvalue weighted by atomic mass is 10.1. The maximum absolute atomic E-state index is 8.66. The van der Waals surface area contributed by atoms with E-state index in [1.165, 1.54) is 0 Å². The predicted octanol–water partition coefficient (Wildman–Crippen LogP) is 2.70. The molecule has 1 aromatic heterocycles. The molecule has 21 heavy (non-hydrogen) atoms. The molecule has 4 N–H and O–H groups in total. The second kappa shape index (κ2) is 6.68. The summed E-state index contributed by atoms with van der Waals surface area (Å²) in [5, 5.41) is 11.9. The van der Waals surface area contributed by atoms with Crippen LogP contribution in [0.25, 0.3) is 0 Å². The summed E-state index contributed by atoms with van der Waals surface area (Å²) in [5.74, 6) is 7.60. The molecule has 0 saturated heterocycles. The number of nitriles is 1. The number of benzene rings is 1. The summed E-state index contributed by atoms with van der Waals surface area (Å²) >= 11 is 0. The Kier molecular flexibility index (Phi) is 4.69. The van der Waals surface area contributed by atoms with Crippen molar-refractivity contribution in [3.05, 3.63) is 41.7 Å². The largest absolute Gasteiger partial charge is 0.340 e. The number of nitrogen functional groups attached to an aromatic ring is 1. The molecule has 0 spiro atoms. The first-order chi connectivity index (χ1) is 10.1. The third-order valence-corrected chi connectivity index (χ3v) is 2.92. The zero-order valence-electron chi connectivity index (χ0n) is 12.1. The van der Waals surface area contributed by atoms with Gasteiger partial charge in [0.05, 0.1) is 12.5 Å². The smallest absolute Gasteiger partial charge is 0.145 e. The molecule has 108 valence electrons. The second-order valence-electron chi connectivity index (χ2n) is 4.95. The van der Waals surface area contributed by atoms with Gasteiger partial charge < -0.3 is 10.7 Å². The van der Waals surface area contributed by atoms with Crippen LogP contribution in [0.15, 0.2) is 30.3 Å². The molecule has 2 aromatic rings. The first kappa shape index (κ1) is 14.8. The highest BCUT2D eigenvalue weighted by atomic mass is 15.3. The Balaban J connectivity index is 2.22. The van der Waals surface area contributed by atoms with Gasteiger partial charge in [-0.1, -0.05) is 26.0 Å². The lowest BCUT2D eigenvalue weighted by Crippen LogP contribution is -2.12. The highest BCUT2D eigenvalue weighted by molar-refractivity contribution is 5.59. The van der Waals surface area contributed by atoms with E-state index in [1.54, 1.807) is 6.07 Å². The van der Waals surface area contributed by atoms with Gasteiger partial charge in [0.2, 0.25) is 0 Å². The Bertz CT molecular complexity index is 642. The van der Waals surface area contributed by atoms with Gasteiger partial charge in [-0.25, -0.2) is 15.8 Å². The van der Waals surface area contributed by atoms with Gasteiger partial charge in [-0.3, -0.25) is 0 Å². The molecule has 0 atom stereocenters. The van der Waals surface area contributed by atoms with E-state index in [9.17, 15) is 0 Å². The van der Waals surface area contributed by atoms with Crippen molar-refractivity contribution in [2.45, 2.75) is 26.2 Å². The summed E-state index contributed by atoms with van der Waals surface area (Å²) in [6.45, 7) is 4.05. The summed E-state index contributed by atoms with van der Waals surface area (Å²) in [5.41, 5.74) is 4.43. The molecule has 0 bridgehead atoms. The summed E-state index contributed by atoms with van der Waals surface area (Å²) in [7, 11) is 0. The van der Waals surface area contributed by atoms with Gasteiger partial charge >= 0.3 is 0 Å². The molecule has 0 aliphatic carbocycles. The summed E-state index contributed by atoms with van der Waals surface area (Å²) < 4.78 is 0. The minimum Gasteiger partial charge on any atom is -0.340 e. The van der Waals surface area contributed by atoms with Crippen molar-refractivity contribution in [1.82, 2.24) is 9.97 Å².